The zero-order chi connectivity index (χ0) is 31.6. The first-order valence-corrected chi connectivity index (χ1v) is 14.9. The second kappa shape index (κ2) is 16.6. The van der Waals surface area contributed by atoms with Gasteiger partial charge in [0.25, 0.3) is 0 Å². The Morgan fingerprint density at radius 1 is 1.17 bits per heavy atom. The molecule has 2 aliphatic heterocycles. The zero-order valence-corrected chi connectivity index (χ0v) is 25.9. The SMILES string of the molecule is CC[C@H](C)[C@H](NC(=O)[C@@H]1CCCN1C(=O)[C@@H](CC1CO1)OC(=O)CCNC(=O)[C@H](C)NC)C(=O)N(C)[C@H](C#[O+])C(C)C. The van der Waals surface area contributed by atoms with Crippen LogP contribution in [0.5, 0.6) is 0 Å². The molecule has 0 saturated carbocycles. The molecule has 3 N–H and O–H groups in total. The van der Waals surface area contributed by atoms with Crippen molar-refractivity contribution in [1.82, 2.24) is 25.8 Å². The first-order valence-electron chi connectivity index (χ1n) is 14.9. The Bertz CT molecular complexity index is 1010. The Hall–Kier alpha value is -2.99. The second-order valence-electron chi connectivity index (χ2n) is 11.5. The summed E-state index contributed by atoms with van der Waals surface area (Å²) in [7, 11) is 3.17. The van der Waals surface area contributed by atoms with Crippen LogP contribution in [-0.2, 0) is 38.1 Å². The maximum absolute atomic E-state index is 13.6. The molecule has 2 aliphatic rings. The Kier molecular flexibility index (Phi) is 13.9. The number of ether oxygens (including phenoxy) is 2. The predicted octanol–water partition coefficient (Wildman–Crippen LogP) is 0.196. The van der Waals surface area contributed by atoms with Gasteiger partial charge < -0.3 is 15.4 Å². The van der Waals surface area contributed by atoms with Gasteiger partial charge in [0.1, 0.15) is 0 Å². The molecule has 0 aromatic rings. The van der Waals surface area contributed by atoms with Gasteiger partial charge in [0, 0.05) is 6.54 Å². The van der Waals surface area contributed by atoms with E-state index in [-0.39, 0.29) is 43.2 Å². The zero-order valence-electron chi connectivity index (χ0n) is 25.9. The van der Waals surface area contributed by atoms with Crippen LogP contribution in [0.15, 0.2) is 0 Å². The number of esters is 1. The van der Waals surface area contributed by atoms with Gasteiger partial charge in [-0.1, -0.05) is 0 Å². The molecule has 0 aromatic carbocycles. The minimum absolute atomic E-state index is 0.0538. The molecule has 2 rings (SSSR count). The summed E-state index contributed by atoms with van der Waals surface area (Å²) < 4.78 is 22.3. The van der Waals surface area contributed by atoms with E-state index in [1.165, 1.54) is 16.8 Å². The fourth-order valence-corrected chi connectivity index (χ4v) is 4.87. The molecule has 13 nitrogen and oxygen atoms in total. The first kappa shape index (κ1) is 35.2. The monoisotopic (exact) mass is 594 g/mol. The summed E-state index contributed by atoms with van der Waals surface area (Å²) in [6, 6.07) is -2.92. The van der Waals surface area contributed by atoms with Gasteiger partial charge in [-0.25, -0.2) is 0 Å². The summed E-state index contributed by atoms with van der Waals surface area (Å²) in [5.41, 5.74) is 0. The van der Waals surface area contributed by atoms with Crippen LogP contribution < -0.4 is 16.0 Å². The van der Waals surface area contributed by atoms with E-state index in [2.05, 4.69) is 16.0 Å². The van der Waals surface area contributed by atoms with Gasteiger partial charge >= 0.3 is 172 Å². The molecule has 7 atom stereocenters. The Morgan fingerprint density at radius 2 is 1.83 bits per heavy atom. The molecular formula is C29H48N5O8+. The van der Waals surface area contributed by atoms with E-state index < -0.39 is 54.0 Å². The van der Waals surface area contributed by atoms with E-state index in [0.717, 1.165) is 0 Å². The Balaban J connectivity index is 2.10. The minimum atomic E-state index is -1.14. The number of rotatable bonds is 16. The van der Waals surface area contributed by atoms with Gasteiger partial charge in [-0.3, -0.25) is 9.59 Å². The first-order chi connectivity index (χ1) is 19.9. The quantitative estimate of drug-likeness (QED) is 0.129. The number of epoxide rings is 1. The van der Waals surface area contributed by atoms with Gasteiger partial charge in [0.15, 0.2) is 0 Å². The third-order valence-electron chi connectivity index (χ3n) is 8.02. The van der Waals surface area contributed by atoms with Gasteiger partial charge in [-0.15, -0.1) is 0 Å². The number of carbonyl (C=O) groups is 5. The van der Waals surface area contributed by atoms with E-state index in [4.69, 9.17) is 9.47 Å². The number of nitrogens with zero attached hydrogens (tertiary/aromatic N) is 2. The van der Waals surface area contributed by atoms with Gasteiger partial charge in [-0.2, -0.15) is 0 Å². The van der Waals surface area contributed by atoms with Crippen LogP contribution >= 0.6 is 0 Å². The molecule has 0 radical (unpaired) electrons. The third kappa shape index (κ3) is 9.79. The van der Waals surface area contributed by atoms with Gasteiger partial charge in [0.2, 0.25) is 5.91 Å². The number of likely N-dealkylation sites (N-methyl/N-ethyl adjacent to an activating group) is 2. The molecule has 2 fully saturated rings. The van der Waals surface area contributed by atoms with Crippen LogP contribution in [0.4, 0.5) is 0 Å². The predicted molar refractivity (Wildman–Crippen MR) is 152 cm³/mol. The van der Waals surface area contributed by atoms with Gasteiger partial charge in [-0.05, 0) is 14.0 Å². The molecule has 0 aromatic heterocycles. The van der Waals surface area contributed by atoms with Crippen LogP contribution in [0.3, 0.4) is 0 Å². The molecule has 1 unspecified atom stereocenters. The van der Waals surface area contributed by atoms with Crippen molar-refractivity contribution in [3.8, 4) is 6.15 Å². The van der Waals surface area contributed by atoms with Crippen molar-refractivity contribution in [3.63, 3.8) is 0 Å². The number of hydrogen-bond donors (Lipinski definition) is 3. The molecule has 2 saturated heterocycles. The van der Waals surface area contributed by atoms with E-state index >= 15 is 0 Å². The fraction of sp³-hybridized carbons (Fsp3) is 0.793. The van der Waals surface area contributed by atoms with Crippen molar-refractivity contribution >= 4 is 29.6 Å². The van der Waals surface area contributed by atoms with Crippen LogP contribution in [0.25, 0.3) is 0 Å². The Morgan fingerprint density at radius 3 is 2.38 bits per heavy atom. The molecule has 42 heavy (non-hydrogen) atoms. The standard InChI is InChI=1S/C29H47N5O8/c1-8-18(4)25(29(40)33(7)22(15-35)17(2)3)32-27(38)21-10-9-13-34(21)28(39)23(14-20-16-41-20)42-24(36)11-12-31-26(37)19(5)30-6/h17-23,25,30H,8-14,16H2,1-7H3,(H-,31,32,37,38)/p+1/t18-,19-,20?,21-,22+,23+,25-/m0/s1. The number of hydrogen-bond acceptors (Lipinski definition) is 8. The number of amides is 4. The van der Waals surface area contributed by atoms with Crippen LogP contribution in [0.2, 0.25) is 0 Å². The molecule has 0 spiro atoms. The van der Waals surface area contributed by atoms with Crippen molar-refractivity contribution in [2.24, 2.45) is 11.8 Å². The number of nitrogens with one attached hydrogen (secondary N) is 3. The van der Waals surface area contributed by atoms with Crippen molar-refractivity contribution in [1.29, 1.82) is 0 Å². The van der Waals surface area contributed by atoms with Crippen molar-refractivity contribution in [2.75, 3.05) is 33.8 Å². The molecule has 4 amide bonds. The average molecular weight is 595 g/mol. The number of likely N-dealkylation sites (tertiary alicyclic amines) is 1. The summed E-state index contributed by atoms with van der Waals surface area (Å²) in [6.45, 7) is 9.86. The van der Waals surface area contributed by atoms with Crippen LogP contribution in [-0.4, -0.2) is 110 Å². The second-order valence-corrected chi connectivity index (χ2v) is 11.5. The van der Waals surface area contributed by atoms with Crippen molar-refractivity contribution in [2.45, 2.75) is 103 Å². The summed E-state index contributed by atoms with van der Waals surface area (Å²) in [5.74, 6) is -2.67. The average Bonchev–Trinajstić information content (AvgIpc) is 3.64. The van der Waals surface area contributed by atoms with Crippen LogP contribution in [0.1, 0.15) is 66.7 Å². The number of carbonyl (C=O) groups excluding carboxylic acids is 5. The molecule has 0 aliphatic carbocycles. The topological polar surface area (TPSA) is 170 Å². The summed E-state index contributed by atoms with van der Waals surface area (Å²) in [6.07, 6.45) is 2.15. The molecule has 2 heterocycles. The van der Waals surface area contributed by atoms with E-state index in [0.29, 0.717) is 32.4 Å². The van der Waals surface area contributed by atoms with Gasteiger partial charge in [0.05, 0.1) is 25.2 Å². The molecular weight excluding hydrogens is 546 g/mol. The molecule has 13 heteroatoms. The maximum atomic E-state index is 13.6. The normalized spacial score (nSPS) is 21.4. The van der Waals surface area contributed by atoms with Crippen molar-refractivity contribution < 1.29 is 38.1 Å². The van der Waals surface area contributed by atoms with E-state index in [1.807, 2.05) is 33.8 Å². The molecule has 0 bridgehead atoms. The summed E-state index contributed by atoms with van der Waals surface area (Å²) >= 11 is 0. The summed E-state index contributed by atoms with van der Waals surface area (Å²) in [4.78, 5) is 67.8. The van der Waals surface area contributed by atoms with Crippen LogP contribution in [0, 0.1) is 18.0 Å². The summed E-state index contributed by atoms with van der Waals surface area (Å²) in [5, 5.41) is 8.29. The third-order valence-corrected chi connectivity index (χ3v) is 8.02. The fourth-order valence-electron chi connectivity index (χ4n) is 4.87. The Labute approximate surface area is 248 Å². The van der Waals surface area contributed by atoms with E-state index in [9.17, 15) is 28.6 Å². The molecule has 236 valence electrons. The van der Waals surface area contributed by atoms with E-state index in [1.54, 1.807) is 14.0 Å². The van der Waals surface area contributed by atoms with Crippen molar-refractivity contribution in [3.05, 3.63) is 0 Å².